The number of aromatic nitrogens is 2. The number of esters is 1. The van der Waals surface area contributed by atoms with Gasteiger partial charge in [0, 0.05) is 5.39 Å². The Labute approximate surface area is 115 Å². The van der Waals surface area contributed by atoms with Crippen LogP contribution in [-0.4, -0.2) is 46.1 Å². The lowest BCUT2D eigenvalue weighted by Gasteiger charge is -2.15. The molecule has 0 radical (unpaired) electrons. The summed E-state index contributed by atoms with van der Waals surface area (Å²) in [5.41, 5.74) is 6.64. The minimum atomic E-state index is -1.10. The van der Waals surface area contributed by atoms with Gasteiger partial charge in [-0.3, -0.25) is 5.10 Å². The van der Waals surface area contributed by atoms with Gasteiger partial charge in [0.05, 0.1) is 30.0 Å². The van der Waals surface area contributed by atoms with E-state index in [4.69, 9.17) is 5.73 Å². The highest BCUT2D eigenvalue weighted by Crippen LogP contribution is 2.25. The predicted molar refractivity (Wildman–Crippen MR) is 72.1 cm³/mol. The van der Waals surface area contributed by atoms with Gasteiger partial charge in [-0.25, -0.2) is 4.79 Å². The van der Waals surface area contributed by atoms with Crippen LogP contribution in [0.3, 0.4) is 0 Å². The van der Waals surface area contributed by atoms with Crippen molar-refractivity contribution >= 4 is 16.9 Å². The molecular formula is C13H17N3O4. The van der Waals surface area contributed by atoms with Crippen LogP contribution in [0.15, 0.2) is 18.2 Å². The Kier molecular flexibility index (Phi) is 4.33. The van der Waals surface area contributed by atoms with Gasteiger partial charge in [-0.2, -0.15) is 5.10 Å². The fourth-order valence-electron chi connectivity index (χ4n) is 2.02. The maximum atomic E-state index is 11.4. The molecule has 5 N–H and O–H groups in total. The van der Waals surface area contributed by atoms with Gasteiger partial charge in [0.15, 0.2) is 0 Å². The number of hydrogen-bond donors (Lipinski definition) is 4. The van der Waals surface area contributed by atoms with Gasteiger partial charge < -0.3 is 20.7 Å². The van der Waals surface area contributed by atoms with E-state index in [1.165, 1.54) is 7.11 Å². The van der Waals surface area contributed by atoms with Crippen LogP contribution in [0.4, 0.5) is 0 Å². The monoisotopic (exact) mass is 279 g/mol. The number of ether oxygens (including phenoxy) is 1. The van der Waals surface area contributed by atoms with Crippen molar-refractivity contribution in [2.45, 2.75) is 18.6 Å². The molecule has 0 spiro atoms. The zero-order valence-corrected chi connectivity index (χ0v) is 11.0. The number of benzene rings is 1. The largest absolute Gasteiger partial charge is 0.465 e. The zero-order valence-electron chi connectivity index (χ0n) is 11.0. The van der Waals surface area contributed by atoms with Gasteiger partial charge in [-0.05, 0) is 31.2 Å². The number of fused-ring (bicyclic) bond motifs is 1. The fourth-order valence-corrected chi connectivity index (χ4v) is 2.02. The maximum Gasteiger partial charge on any atom is 0.337 e. The number of aliphatic hydroxyl groups excluding tert-OH is 2. The Balaban J connectivity index is 2.35. The molecule has 0 aliphatic carbocycles. The second-order valence-electron chi connectivity index (χ2n) is 4.45. The van der Waals surface area contributed by atoms with Gasteiger partial charge in [0.2, 0.25) is 0 Å². The first-order chi connectivity index (χ1) is 9.58. The van der Waals surface area contributed by atoms with Crippen molar-refractivity contribution in [3.05, 3.63) is 29.5 Å². The molecule has 7 nitrogen and oxygen atoms in total. The van der Waals surface area contributed by atoms with Crippen molar-refractivity contribution in [3.8, 4) is 0 Å². The highest BCUT2D eigenvalue weighted by atomic mass is 16.5. The van der Waals surface area contributed by atoms with E-state index in [-0.39, 0.29) is 13.0 Å². The molecule has 0 bridgehead atoms. The van der Waals surface area contributed by atoms with E-state index in [0.29, 0.717) is 22.2 Å². The molecule has 2 unspecified atom stereocenters. The van der Waals surface area contributed by atoms with E-state index in [1.807, 2.05) is 0 Å². The Morgan fingerprint density at radius 1 is 1.50 bits per heavy atom. The molecule has 0 fully saturated rings. The van der Waals surface area contributed by atoms with Crippen LogP contribution >= 0.6 is 0 Å². The van der Waals surface area contributed by atoms with Crippen molar-refractivity contribution in [1.29, 1.82) is 0 Å². The lowest BCUT2D eigenvalue weighted by atomic mass is 10.0. The van der Waals surface area contributed by atoms with Gasteiger partial charge in [0.1, 0.15) is 6.10 Å². The number of aromatic amines is 1. The second-order valence-corrected chi connectivity index (χ2v) is 4.45. The molecule has 0 saturated carbocycles. The number of carbonyl (C=O) groups excluding carboxylic acids is 1. The molecule has 0 saturated heterocycles. The van der Waals surface area contributed by atoms with Gasteiger partial charge in [-0.15, -0.1) is 0 Å². The zero-order chi connectivity index (χ0) is 14.7. The smallest absolute Gasteiger partial charge is 0.337 e. The SMILES string of the molecule is COC(=O)c1ccc2c(C(O)C(O)CCN)[nH]nc2c1. The molecule has 108 valence electrons. The van der Waals surface area contributed by atoms with Crippen LogP contribution in [-0.2, 0) is 4.74 Å². The average molecular weight is 279 g/mol. The van der Waals surface area contributed by atoms with E-state index in [0.717, 1.165) is 0 Å². The van der Waals surface area contributed by atoms with E-state index in [1.54, 1.807) is 18.2 Å². The van der Waals surface area contributed by atoms with Crippen molar-refractivity contribution < 1.29 is 19.7 Å². The minimum absolute atomic E-state index is 0.275. The molecule has 1 aromatic carbocycles. The van der Waals surface area contributed by atoms with Crippen LogP contribution in [0.1, 0.15) is 28.6 Å². The summed E-state index contributed by atoms with van der Waals surface area (Å²) in [6.07, 6.45) is -1.79. The number of rotatable bonds is 5. The fraction of sp³-hybridized carbons (Fsp3) is 0.385. The minimum Gasteiger partial charge on any atom is -0.465 e. The standard InChI is InChI=1S/C13H17N3O4/c1-20-13(19)7-2-3-8-9(6-7)15-16-11(8)12(18)10(17)4-5-14/h2-3,6,10,12,17-18H,4-5,14H2,1H3,(H,15,16). The molecule has 0 amide bonds. The maximum absolute atomic E-state index is 11.4. The third-order valence-corrected chi connectivity index (χ3v) is 3.13. The number of nitrogens with one attached hydrogen (secondary N) is 1. The Morgan fingerprint density at radius 2 is 2.25 bits per heavy atom. The summed E-state index contributed by atoms with van der Waals surface area (Å²) in [5.74, 6) is -0.458. The number of methoxy groups -OCH3 is 1. The molecule has 2 atom stereocenters. The summed E-state index contributed by atoms with van der Waals surface area (Å²) in [5, 5.41) is 27.2. The van der Waals surface area contributed by atoms with Crippen molar-refractivity contribution in [3.63, 3.8) is 0 Å². The number of H-pyrrole nitrogens is 1. The van der Waals surface area contributed by atoms with Crippen LogP contribution in [0.5, 0.6) is 0 Å². The summed E-state index contributed by atoms with van der Waals surface area (Å²) < 4.78 is 4.63. The average Bonchev–Trinajstić information content (AvgIpc) is 2.88. The summed E-state index contributed by atoms with van der Waals surface area (Å²) in [7, 11) is 1.30. The van der Waals surface area contributed by atoms with Crippen molar-refractivity contribution in [2.24, 2.45) is 5.73 Å². The first-order valence-corrected chi connectivity index (χ1v) is 6.21. The lowest BCUT2D eigenvalue weighted by molar-refractivity contribution is 0.0133. The molecule has 1 heterocycles. The Morgan fingerprint density at radius 3 is 2.90 bits per heavy atom. The Hall–Kier alpha value is -1.96. The summed E-state index contributed by atoms with van der Waals surface area (Å²) in [4.78, 5) is 11.4. The molecule has 2 rings (SSSR count). The molecular weight excluding hydrogens is 262 g/mol. The first-order valence-electron chi connectivity index (χ1n) is 6.21. The summed E-state index contributed by atoms with van der Waals surface area (Å²) in [6.45, 7) is 0.275. The van der Waals surface area contributed by atoms with Crippen LogP contribution < -0.4 is 5.73 Å². The number of hydrogen-bond acceptors (Lipinski definition) is 6. The quantitative estimate of drug-likeness (QED) is 0.576. The Bertz CT molecular complexity index is 611. The molecule has 7 heteroatoms. The third-order valence-electron chi connectivity index (χ3n) is 3.13. The summed E-state index contributed by atoms with van der Waals surface area (Å²) in [6, 6.07) is 4.79. The van der Waals surface area contributed by atoms with E-state index in [2.05, 4.69) is 14.9 Å². The third kappa shape index (κ3) is 2.64. The van der Waals surface area contributed by atoms with Crippen LogP contribution in [0, 0.1) is 0 Å². The molecule has 20 heavy (non-hydrogen) atoms. The highest BCUT2D eigenvalue weighted by Gasteiger charge is 2.22. The molecule has 0 aliphatic heterocycles. The van der Waals surface area contributed by atoms with E-state index in [9.17, 15) is 15.0 Å². The lowest BCUT2D eigenvalue weighted by Crippen LogP contribution is -2.22. The van der Waals surface area contributed by atoms with E-state index >= 15 is 0 Å². The molecule has 0 aliphatic rings. The number of carbonyl (C=O) groups is 1. The second kappa shape index (κ2) is 6.00. The topological polar surface area (TPSA) is 121 Å². The van der Waals surface area contributed by atoms with E-state index < -0.39 is 18.2 Å². The van der Waals surface area contributed by atoms with Gasteiger partial charge in [-0.1, -0.05) is 0 Å². The number of nitrogens with two attached hydrogens (primary N) is 1. The van der Waals surface area contributed by atoms with Gasteiger partial charge >= 0.3 is 5.97 Å². The number of aliphatic hydroxyl groups is 2. The predicted octanol–water partition coefficient (Wildman–Crippen LogP) is 0.0926. The van der Waals surface area contributed by atoms with Crippen LogP contribution in [0.2, 0.25) is 0 Å². The molecule has 2 aromatic rings. The summed E-state index contributed by atoms with van der Waals surface area (Å²) >= 11 is 0. The number of nitrogens with zero attached hydrogens (tertiary/aromatic N) is 1. The normalized spacial score (nSPS) is 14.2. The van der Waals surface area contributed by atoms with Crippen molar-refractivity contribution in [1.82, 2.24) is 10.2 Å². The van der Waals surface area contributed by atoms with Gasteiger partial charge in [0.25, 0.3) is 0 Å². The van der Waals surface area contributed by atoms with Crippen LogP contribution in [0.25, 0.3) is 10.9 Å². The first kappa shape index (κ1) is 14.4. The van der Waals surface area contributed by atoms with Crippen molar-refractivity contribution in [2.75, 3.05) is 13.7 Å². The molecule has 1 aromatic heterocycles. The highest BCUT2D eigenvalue weighted by molar-refractivity contribution is 5.94.